The molecule has 0 bridgehead atoms. The van der Waals surface area contributed by atoms with Gasteiger partial charge in [-0.3, -0.25) is 19.3 Å². The molecule has 0 aliphatic carbocycles. The molecule has 1 aliphatic rings. The van der Waals surface area contributed by atoms with Crippen LogP contribution in [-0.4, -0.2) is 28.5 Å². The smallest absolute Gasteiger partial charge is 0.294 e. The third-order valence-corrected chi connectivity index (χ3v) is 5.10. The molecule has 1 aliphatic heterocycles. The average Bonchev–Trinajstić information content (AvgIpc) is 3.30. The zero-order valence-corrected chi connectivity index (χ0v) is 16.0. The highest BCUT2D eigenvalue weighted by molar-refractivity contribution is 8.18. The summed E-state index contributed by atoms with van der Waals surface area (Å²) >= 11 is 0.789. The molecule has 7 heteroatoms. The number of para-hydroxylation sites is 1. The lowest BCUT2D eigenvalue weighted by Crippen LogP contribution is -2.36. The van der Waals surface area contributed by atoms with Gasteiger partial charge in [0.2, 0.25) is 5.91 Å². The number of hydrogen-bond acceptors (Lipinski definition) is 5. The summed E-state index contributed by atoms with van der Waals surface area (Å²) in [5.41, 5.74) is 1.52. The Hall–Kier alpha value is -3.58. The van der Waals surface area contributed by atoms with Crippen molar-refractivity contribution in [2.24, 2.45) is 0 Å². The van der Waals surface area contributed by atoms with E-state index in [1.165, 1.54) is 6.08 Å². The Morgan fingerprint density at radius 2 is 1.66 bits per heavy atom. The van der Waals surface area contributed by atoms with Gasteiger partial charge in [0.15, 0.2) is 0 Å². The van der Waals surface area contributed by atoms with Crippen molar-refractivity contribution in [2.75, 3.05) is 11.9 Å². The van der Waals surface area contributed by atoms with Gasteiger partial charge in [0.05, 0.1) is 4.91 Å². The lowest BCUT2D eigenvalue weighted by molar-refractivity contribution is -0.127. The number of benzene rings is 2. The second-order valence-electron chi connectivity index (χ2n) is 6.25. The molecule has 3 aromatic rings. The fourth-order valence-electron chi connectivity index (χ4n) is 2.82. The van der Waals surface area contributed by atoms with E-state index in [1.807, 2.05) is 36.4 Å². The Morgan fingerprint density at radius 3 is 2.38 bits per heavy atom. The molecule has 144 valence electrons. The zero-order chi connectivity index (χ0) is 20.2. The van der Waals surface area contributed by atoms with Gasteiger partial charge in [-0.1, -0.05) is 48.5 Å². The number of nitrogens with zero attached hydrogens (tertiary/aromatic N) is 1. The SMILES string of the molecule is O=C(CN1C(=O)SC(=Cc2ccc(-c3ccccc3)o2)C1=O)Nc1ccccc1. The van der Waals surface area contributed by atoms with Crippen molar-refractivity contribution in [1.82, 2.24) is 4.90 Å². The van der Waals surface area contributed by atoms with Gasteiger partial charge >= 0.3 is 0 Å². The van der Waals surface area contributed by atoms with E-state index in [2.05, 4.69) is 5.32 Å². The minimum Gasteiger partial charge on any atom is -0.457 e. The molecule has 1 N–H and O–H groups in total. The molecule has 6 nitrogen and oxygen atoms in total. The maximum Gasteiger partial charge on any atom is 0.294 e. The van der Waals surface area contributed by atoms with E-state index in [-0.39, 0.29) is 11.4 Å². The molecule has 0 spiro atoms. The molecular formula is C22H16N2O4S. The number of hydrogen-bond donors (Lipinski definition) is 1. The lowest BCUT2D eigenvalue weighted by atomic mass is 10.2. The van der Waals surface area contributed by atoms with Gasteiger partial charge in [0.1, 0.15) is 18.1 Å². The van der Waals surface area contributed by atoms with Crippen LogP contribution < -0.4 is 5.32 Å². The predicted octanol–water partition coefficient (Wildman–Crippen LogP) is 4.62. The number of anilines is 1. The fraction of sp³-hybridized carbons (Fsp3) is 0.0455. The minimum atomic E-state index is -0.513. The van der Waals surface area contributed by atoms with Crippen molar-refractivity contribution < 1.29 is 18.8 Å². The van der Waals surface area contributed by atoms with Crippen LogP contribution in [0, 0.1) is 0 Å². The van der Waals surface area contributed by atoms with Gasteiger partial charge < -0.3 is 9.73 Å². The van der Waals surface area contributed by atoms with Crippen LogP contribution in [0.2, 0.25) is 0 Å². The molecule has 3 amide bonds. The van der Waals surface area contributed by atoms with E-state index >= 15 is 0 Å². The second kappa shape index (κ2) is 8.20. The lowest BCUT2D eigenvalue weighted by Gasteiger charge is -2.12. The molecule has 2 heterocycles. The number of rotatable bonds is 5. The number of thioether (sulfide) groups is 1. The first kappa shape index (κ1) is 18.8. The maximum atomic E-state index is 12.6. The molecular weight excluding hydrogens is 388 g/mol. The summed E-state index contributed by atoms with van der Waals surface area (Å²) in [4.78, 5) is 38.1. The van der Waals surface area contributed by atoms with E-state index in [9.17, 15) is 14.4 Å². The molecule has 1 fully saturated rings. The Morgan fingerprint density at radius 1 is 0.966 bits per heavy atom. The number of imide groups is 1. The van der Waals surface area contributed by atoms with Gasteiger partial charge in [-0.25, -0.2) is 0 Å². The first-order valence-electron chi connectivity index (χ1n) is 8.86. The molecule has 1 saturated heterocycles. The summed E-state index contributed by atoms with van der Waals surface area (Å²) in [5.74, 6) is 0.173. The van der Waals surface area contributed by atoms with Crippen LogP contribution in [0.3, 0.4) is 0 Å². The number of nitrogens with one attached hydrogen (secondary N) is 1. The molecule has 0 unspecified atom stereocenters. The van der Waals surface area contributed by atoms with Gasteiger partial charge in [0, 0.05) is 17.3 Å². The van der Waals surface area contributed by atoms with Crippen molar-refractivity contribution in [1.29, 1.82) is 0 Å². The number of amides is 3. The van der Waals surface area contributed by atoms with Gasteiger partial charge in [-0.05, 0) is 36.0 Å². The topological polar surface area (TPSA) is 79.6 Å². The highest BCUT2D eigenvalue weighted by atomic mass is 32.2. The van der Waals surface area contributed by atoms with E-state index in [0.717, 1.165) is 22.2 Å². The number of furan rings is 1. The molecule has 0 saturated carbocycles. The zero-order valence-electron chi connectivity index (χ0n) is 15.2. The third-order valence-electron chi connectivity index (χ3n) is 4.19. The van der Waals surface area contributed by atoms with Crippen LogP contribution >= 0.6 is 11.8 Å². The second-order valence-corrected chi connectivity index (χ2v) is 7.24. The first-order valence-corrected chi connectivity index (χ1v) is 9.67. The van der Waals surface area contributed by atoms with Crippen molar-refractivity contribution in [3.8, 4) is 11.3 Å². The van der Waals surface area contributed by atoms with Gasteiger partial charge in [-0.2, -0.15) is 0 Å². The quantitative estimate of drug-likeness (QED) is 0.628. The third kappa shape index (κ3) is 4.30. The summed E-state index contributed by atoms with van der Waals surface area (Å²) in [7, 11) is 0. The van der Waals surface area contributed by atoms with Gasteiger partial charge in [0.25, 0.3) is 11.1 Å². The van der Waals surface area contributed by atoms with Crippen molar-refractivity contribution >= 4 is 40.6 Å². The Kier molecular flexibility index (Phi) is 5.31. The molecule has 0 radical (unpaired) electrons. The predicted molar refractivity (Wildman–Crippen MR) is 112 cm³/mol. The molecule has 29 heavy (non-hydrogen) atoms. The molecule has 4 rings (SSSR count). The van der Waals surface area contributed by atoms with Crippen LogP contribution in [0.5, 0.6) is 0 Å². The highest BCUT2D eigenvalue weighted by Crippen LogP contribution is 2.33. The summed E-state index contributed by atoms with van der Waals surface area (Å²) < 4.78 is 5.76. The summed E-state index contributed by atoms with van der Waals surface area (Å²) in [6.07, 6.45) is 1.52. The van der Waals surface area contributed by atoms with Crippen LogP contribution in [0.4, 0.5) is 10.5 Å². The van der Waals surface area contributed by atoms with Crippen molar-refractivity contribution in [3.63, 3.8) is 0 Å². The average molecular weight is 404 g/mol. The molecule has 1 aromatic heterocycles. The van der Waals surface area contributed by atoms with Crippen molar-refractivity contribution in [3.05, 3.63) is 83.5 Å². The monoisotopic (exact) mass is 404 g/mol. The maximum absolute atomic E-state index is 12.6. The molecule has 2 aromatic carbocycles. The van der Waals surface area contributed by atoms with Gasteiger partial charge in [-0.15, -0.1) is 0 Å². The summed E-state index contributed by atoms with van der Waals surface area (Å²) in [6.45, 7) is -0.343. The van der Waals surface area contributed by atoms with E-state index in [4.69, 9.17) is 4.42 Å². The summed E-state index contributed by atoms with van der Waals surface area (Å²) in [5, 5.41) is 2.18. The van der Waals surface area contributed by atoms with Crippen LogP contribution in [0.15, 0.2) is 82.1 Å². The van der Waals surface area contributed by atoms with Crippen LogP contribution in [0.1, 0.15) is 5.76 Å². The Balaban J connectivity index is 1.45. The standard InChI is InChI=1S/C22H16N2O4S/c25-20(23-16-9-5-2-6-10-16)14-24-21(26)19(29-22(24)27)13-17-11-12-18(28-17)15-7-3-1-4-8-15/h1-13H,14H2,(H,23,25). The van der Waals surface area contributed by atoms with E-state index in [0.29, 0.717) is 17.2 Å². The van der Waals surface area contributed by atoms with Crippen LogP contribution in [0.25, 0.3) is 17.4 Å². The van der Waals surface area contributed by atoms with Crippen molar-refractivity contribution in [2.45, 2.75) is 0 Å². The highest BCUT2D eigenvalue weighted by Gasteiger charge is 2.36. The van der Waals surface area contributed by atoms with Crippen LogP contribution in [-0.2, 0) is 9.59 Å². The number of carbonyl (C=O) groups excluding carboxylic acids is 3. The van der Waals surface area contributed by atoms with E-state index < -0.39 is 17.1 Å². The number of carbonyl (C=O) groups is 3. The first-order chi connectivity index (χ1) is 14.1. The largest absolute Gasteiger partial charge is 0.457 e. The minimum absolute atomic E-state index is 0.219. The Labute approximate surface area is 171 Å². The molecule has 0 atom stereocenters. The normalized spacial score (nSPS) is 15.2. The Bertz CT molecular complexity index is 1090. The summed E-state index contributed by atoms with van der Waals surface area (Å²) in [6, 6.07) is 22.0. The van der Waals surface area contributed by atoms with E-state index in [1.54, 1.807) is 36.4 Å². The fourth-order valence-corrected chi connectivity index (χ4v) is 3.64.